The zero-order chi connectivity index (χ0) is 13.1. The predicted octanol–water partition coefficient (Wildman–Crippen LogP) is 1.93. The standard InChI is InChI=1S/C12H23N3O2/c1-11(2,3)13-8-10-15-14-9(17-10)7-12(4,5)16-6/h13H,7-8H2,1-6H3. The van der Waals surface area contributed by atoms with Crippen LogP contribution in [0, 0.1) is 0 Å². The number of hydrogen-bond donors (Lipinski definition) is 1. The van der Waals surface area contributed by atoms with Crippen molar-refractivity contribution in [2.75, 3.05) is 7.11 Å². The second kappa shape index (κ2) is 5.14. The van der Waals surface area contributed by atoms with Gasteiger partial charge in [0.1, 0.15) is 0 Å². The van der Waals surface area contributed by atoms with Gasteiger partial charge in [-0.15, -0.1) is 10.2 Å². The van der Waals surface area contributed by atoms with Crippen molar-refractivity contribution in [3.05, 3.63) is 11.8 Å². The first-order chi connectivity index (χ1) is 7.72. The van der Waals surface area contributed by atoms with Crippen LogP contribution in [0.1, 0.15) is 46.4 Å². The quantitative estimate of drug-likeness (QED) is 0.853. The average Bonchev–Trinajstić information content (AvgIpc) is 2.61. The number of methoxy groups -OCH3 is 1. The monoisotopic (exact) mass is 241 g/mol. The first-order valence-electron chi connectivity index (χ1n) is 5.83. The summed E-state index contributed by atoms with van der Waals surface area (Å²) in [6, 6.07) is 0. The van der Waals surface area contributed by atoms with Crippen LogP contribution >= 0.6 is 0 Å². The fourth-order valence-electron chi connectivity index (χ4n) is 1.21. The van der Waals surface area contributed by atoms with E-state index in [2.05, 4.69) is 36.3 Å². The van der Waals surface area contributed by atoms with Crippen LogP contribution in [0.5, 0.6) is 0 Å². The third-order valence-electron chi connectivity index (χ3n) is 2.41. The number of nitrogens with zero attached hydrogens (tertiary/aromatic N) is 2. The Morgan fingerprint density at radius 2 is 1.71 bits per heavy atom. The number of rotatable bonds is 5. The van der Waals surface area contributed by atoms with Crippen LogP contribution in [0.4, 0.5) is 0 Å². The first kappa shape index (κ1) is 14.1. The number of hydrogen-bond acceptors (Lipinski definition) is 5. The summed E-state index contributed by atoms with van der Waals surface area (Å²) in [4.78, 5) is 0. The van der Waals surface area contributed by atoms with Crippen molar-refractivity contribution in [3.63, 3.8) is 0 Å². The molecule has 0 aromatic carbocycles. The van der Waals surface area contributed by atoms with E-state index in [-0.39, 0.29) is 11.1 Å². The van der Waals surface area contributed by atoms with Gasteiger partial charge in [-0.1, -0.05) is 0 Å². The van der Waals surface area contributed by atoms with Gasteiger partial charge in [0.25, 0.3) is 0 Å². The third kappa shape index (κ3) is 5.28. The van der Waals surface area contributed by atoms with Gasteiger partial charge in [0, 0.05) is 12.6 Å². The molecule has 0 atom stereocenters. The summed E-state index contributed by atoms with van der Waals surface area (Å²) in [6.45, 7) is 10.9. The zero-order valence-electron chi connectivity index (χ0n) is 11.6. The van der Waals surface area contributed by atoms with Gasteiger partial charge in [0.05, 0.1) is 18.6 Å². The highest BCUT2D eigenvalue weighted by molar-refractivity contribution is 4.88. The predicted molar refractivity (Wildman–Crippen MR) is 65.7 cm³/mol. The molecule has 1 rings (SSSR count). The molecule has 0 fully saturated rings. The van der Waals surface area contributed by atoms with E-state index >= 15 is 0 Å². The maximum Gasteiger partial charge on any atom is 0.230 e. The molecule has 0 aliphatic heterocycles. The van der Waals surface area contributed by atoms with E-state index in [9.17, 15) is 0 Å². The molecule has 0 spiro atoms. The highest BCUT2D eigenvalue weighted by Crippen LogP contribution is 2.15. The van der Waals surface area contributed by atoms with E-state index in [0.717, 1.165) is 0 Å². The van der Waals surface area contributed by atoms with Crippen molar-refractivity contribution in [3.8, 4) is 0 Å². The van der Waals surface area contributed by atoms with Crippen molar-refractivity contribution in [2.45, 2.75) is 58.7 Å². The topological polar surface area (TPSA) is 60.2 Å². The fourth-order valence-corrected chi connectivity index (χ4v) is 1.21. The molecule has 0 amide bonds. The minimum Gasteiger partial charge on any atom is -0.424 e. The summed E-state index contributed by atoms with van der Waals surface area (Å²) in [5.74, 6) is 1.23. The number of ether oxygens (including phenoxy) is 1. The molecule has 0 radical (unpaired) electrons. The van der Waals surface area contributed by atoms with E-state index in [1.54, 1.807) is 7.11 Å². The Balaban J connectivity index is 2.54. The lowest BCUT2D eigenvalue weighted by Crippen LogP contribution is -2.35. The molecule has 5 heteroatoms. The van der Waals surface area contributed by atoms with Gasteiger partial charge in [-0.3, -0.25) is 0 Å². The molecule has 1 N–H and O–H groups in total. The molecular formula is C12H23N3O2. The van der Waals surface area contributed by atoms with E-state index in [1.165, 1.54) is 0 Å². The average molecular weight is 241 g/mol. The fraction of sp³-hybridized carbons (Fsp3) is 0.833. The van der Waals surface area contributed by atoms with Gasteiger partial charge in [0.15, 0.2) is 0 Å². The Bertz CT molecular complexity index is 353. The smallest absolute Gasteiger partial charge is 0.230 e. The SMILES string of the molecule is COC(C)(C)Cc1nnc(CNC(C)(C)C)o1. The Morgan fingerprint density at radius 3 is 2.24 bits per heavy atom. The summed E-state index contributed by atoms with van der Waals surface area (Å²) in [7, 11) is 1.68. The van der Waals surface area contributed by atoms with Gasteiger partial charge in [-0.2, -0.15) is 0 Å². The molecule has 0 saturated carbocycles. The molecule has 1 heterocycles. The van der Waals surface area contributed by atoms with E-state index in [4.69, 9.17) is 9.15 Å². The lowest BCUT2D eigenvalue weighted by Gasteiger charge is -2.20. The maximum atomic E-state index is 5.55. The van der Waals surface area contributed by atoms with Crippen molar-refractivity contribution < 1.29 is 9.15 Å². The summed E-state index contributed by atoms with van der Waals surface area (Å²) in [6.07, 6.45) is 0.617. The summed E-state index contributed by atoms with van der Waals surface area (Å²) >= 11 is 0. The van der Waals surface area contributed by atoms with E-state index < -0.39 is 0 Å². The van der Waals surface area contributed by atoms with Crippen LogP contribution in [-0.4, -0.2) is 28.4 Å². The molecule has 0 aliphatic rings. The highest BCUT2D eigenvalue weighted by Gasteiger charge is 2.21. The summed E-state index contributed by atoms with van der Waals surface area (Å²) in [5, 5.41) is 11.3. The number of nitrogens with one attached hydrogen (secondary N) is 1. The Morgan fingerprint density at radius 1 is 1.12 bits per heavy atom. The van der Waals surface area contributed by atoms with Crippen LogP contribution in [0.2, 0.25) is 0 Å². The minimum atomic E-state index is -0.277. The van der Waals surface area contributed by atoms with Gasteiger partial charge >= 0.3 is 0 Å². The van der Waals surface area contributed by atoms with Crippen molar-refractivity contribution in [1.29, 1.82) is 0 Å². The molecule has 1 aromatic heterocycles. The molecule has 1 aromatic rings. The lowest BCUT2D eigenvalue weighted by molar-refractivity contribution is 0.0179. The van der Waals surface area contributed by atoms with E-state index in [1.807, 2.05) is 13.8 Å². The molecule has 0 saturated heterocycles. The largest absolute Gasteiger partial charge is 0.424 e. The normalized spacial score (nSPS) is 13.1. The van der Waals surface area contributed by atoms with Gasteiger partial charge in [-0.05, 0) is 34.6 Å². The summed E-state index contributed by atoms with van der Waals surface area (Å²) < 4.78 is 10.9. The first-order valence-corrected chi connectivity index (χ1v) is 5.83. The second-order valence-electron chi connectivity index (χ2n) is 5.83. The third-order valence-corrected chi connectivity index (χ3v) is 2.41. The molecule has 0 bridgehead atoms. The molecule has 5 nitrogen and oxygen atoms in total. The molecular weight excluding hydrogens is 218 g/mol. The van der Waals surface area contributed by atoms with E-state index in [0.29, 0.717) is 24.7 Å². The van der Waals surface area contributed by atoms with Crippen molar-refractivity contribution in [1.82, 2.24) is 15.5 Å². The van der Waals surface area contributed by atoms with Crippen LogP contribution in [0.3, 0.4) is 0 Å². The van der Waals surface area contributed by atoms with Crippen LogP contribution < -0.4 is 5.32 Å². The van der Waals surface area contributed by atoms with Crippen molar-refractivity contribution >= 4 is 0 Å². The maximum absolute atomic E-state index is 5.55. The lowest BCUT2D eigenvalue weighted by atomic mass is 10.1. The molecule has 98 valence electrons. The van der Waals surface area contributed by atoms with Gasteiger partial charge in [0.2, 0.25) is 11.8 Å². The Kier molecular flexibility index (Phi) is 4.27. The minimum absolute atomic E-state index is 0.0421. The molecule has 0 aliphatic carbocycles. The van der Waals surface area contributed by atoms with Crippen molar-refractivity contribution in [2.24, 2.45) is 0 Å². The van der Waals surface area contributed by atoms with Crippen LogP contribution in [0.25, 0.3) is 0 Å². The molecule has 0 unspecified atom stereocenters. The van der Waals surface area contributed by atoms with Crippen LogP contribution in [-0.2, 0) is 17.7 Å². The zero-order valence-corrected chi connectivity index (χ0v) is 11.6. The summed E-state index contributed by atoms with van der Waals surface area (Å²) in [5.41, 5.74) is -0.234. The number of aromatic nitrogens is 2. The highest BCUT2D eigenvalue weighted by atomic mass is 16.5. The Hall–Kier alpha value is -0.940. The second-order valence-corrected chi connectivity index (χ2v) is 5.83. The van der Waals surface area contributed by atoms with Crippen LogP contribution in [0.15, 0.2) is 4.42 Å². The van der Waals surface area contributed by atoms with Gasteiger partial charge < -0.3 is 14.5 Å². The Labute approximate surface area is 103 Å². The van der Waals surface area contributed by atoms with Gasteiger partial charge in [-0.25, -0.2) is 0 Å². The molecule has 17 heavy (non-hydrogen) atoms.